The Morgan fingerprint density at radius 2 is 2.05 bits per heavy atom. The first-order valence-corrected chi connectivity index (χ1v) is 6.03. The summed E-state index contributed by atoms with van der Waals surface area (Å²) in [6.45, 7) is 10.6. The Hall–Kier alpha value is -1.52. The summed E-state index contributed by atoms with van der Waals surface area (Å²) in [6, 6.07) is 0.604. The molecule has 0 N–H and O–H groups in total. The van der Waals surface area contributed by atoms with E-state index in [1.807, 2.05) is 13.8 Å². The molecule has 0 aliphatic rings. The SMILES string of the molecule is [C-]#[N+]c1c(C(F)(F)F)cc(Cl)nc1OCCOC(C)C. The molecule has 0 unspecified atom stereocenters. The second kappa shape index (κ2) is 6.77. The minimum atomic E-state index is -4.70. The quantitative estimate of drug-likeness (QED) is 0.466. The molecular formula is C12H12ClF3N2O2. The summed E-state index contributed by atoms with van der Waals surface area (Å²) in [5.41, 5.74) is -1.86. The number of hydrogen-bond acceptors (Lipinski definition) is 3. The smallest absolute Gasteiger partial charge is 0.407 e. The van der Waals surface area contributed by atoms with Crippen molar-refractivity contribution in [3.05, 3.63) is 28.2 Å². The van der Waals surface area contributed by atoms with Crippen molar-refractivity contribution in [1.29, 1.82) is 0 Å². The lowest BCUT2D eigenvalue weighted by Crippen LogP contribution is -2.13. The average Bonchev–Trinajstić information content (AvgIpc) is 2.32. The first-order valence-electron chi connectivity index (χ1n) is 5.65. The number of alkyl halides is 3. The lowest BCUT2D eigenvalue weighted by Gasteiger charge is -2.14. The zero-order valence-electron chi connectivity index (χ0n) is 10.8. The van der Waals surface area contributed by atoms with E-state index >= 15 is 0 Å². The van der Waals surface area contributed by atoms with Crippen LogP contribution >= 0.6 is 11.6 Å². The van der Waals surface area contributed by atoms with Gasteiger partial charge < -0.3 is 9.47 Å². The molecule has 0 amide bonds. The van der Waals surface area contributed by atoms with E-state index in [4.69, 9.17) is 27.6 Å². The van der Waals surface area contributed by atoms with Gasteiger partial charge in [0.1, 0.15) is 11.8 Å². The van der Waals surface area contributed by atoms with Crippen LogP contribution < -0.4 is 4.74 Å². The van der Waals surface area contributed by atoms with E-state index in [2.05, 4.69) is 9.83 Å². The Morgan fingerprint density at radius 1 is 1.40 bits per heavy atom. The highest BCUT2D eigenvalue weighted by molar-refractivity contribution is 6.29. The second-order valence-corrected chi connectivity index (χ2v) is 4.41. The summed E-state index contributed by atoms with van der Waals surface area (Å²) >= 11 is 5.52. The zero-order valence-corrected chi connectivity index (χ0v) is 11.5. The standard InChI is InChI=1S/C12H12ClF3N2O2/c1-7(2)19-4-5-20-11-10(17-3)8(12(14,15)16)6-9(13)18-11/h6-7H,4-5H2,1-2H3. The summed E-state index contributed by atoms with van der Waals surface area (Å²) in [5, 5.41) is -0.385. The van der Waals surface area contributed by atoms with Gasteiger partial charge in [0.25, 0.3) is 5.69 Å². The Balaban J connectivity index is 2.96. The van der Waals surface area contributed by atoms with Gasteiger partial charge in [0.2, 0.25) is 5.88 Å². The topological polar surface area (TPSA) is 35.7 Å². The predicted molar refractivity (Wildman–Crippen MR) is 67.1 cm³/mol. The molecular weight excluding hydrogens is 297 g/mol. The highest BCUT2D eigenvalue weighted by Gasteiger charge is 2.36. The van der Waals surface area contributed by atoms with Crippen LogP contribution in [0.5, 0.6) is 5.88 Å². The molecule has 0 bridgehead atoms. The third-order valence-electron chi connectivity index (χ3n) is 2.12. The van der Waals surface area contributed by atoms with Crippen LogP contribution in [0.4, 0.5) is 18.9 Å². The van der Waals surface area contributed by atoms with Crippen LogP contribution in [-0.2, 0) is 10.9 Å². The van der Waals surface area contributed by atoms with Crippen molar-refractivity contribution in [3.8, 4) is 5.88 Å². The molecule has 1 aromatic heterocycles. The number of rotatable bonds is 5. The van der Waals surface area contributed by atoms with Crippen LogP contribution in [0.15, 0.2) is 6.07 Å². The Bertz CT molecular complexity index is 513. The van der Waals surface area contributed by atoms with Crippen LogP contribution in [0.2, 0.25) is 5.15 Å². The molecule has 110 valence electrons. The van der Waals surface area contributed by atoms with Gasteiger partial charge in [-0.05, 0) is 19.9 Å². The summed E-state index contributed by atoms with van der Waals surface area (Å²) in [4.78, 5) is 6.44. The highest BCUT2D eigenvalue weighted by Crippen LogP contribution is 2.42. The molecule has 1 rings (SSSR count). The van der Waals surface area contributed by atoms with Crippen molar-refractivity contribution >= 4 is 17.3 Å². The molecule has 0 aliphatic carbocycles. The summed E-state index contributed by atoms with van der Waals surface area (Å²) in [6.07, 6.45) is -4.73. The molecule has 0 aromatic carbocycles. The molecule has 20 heavy (non-hydrogen) atoms. The fourth-order valence-corrected chi connectivity index (χ4v) is 1.52. The minimum absolute atomic E-state index is 0.0225. The molecule has 1 aromatic rings. The summed E-state index contributed by atoms with van der Waals surface area (Å²) in [5.74, 6) is -0.438. The van der Waals surface area contributed by atoms with Gasteiger partial charge in [0.05, 0.1) is 24.8 Å². The van der Waals surface area contributed by atoms with E-state index in [-0.39, 0.29) is 24.5 Å². The molecule has 1 heterocycles. The number of pyridine rings is 1. The van der Waals surface area contributed by atoms with Crippen molar-refractivity contribution in [2.75, 3.05) is 13.2 Å². The number of hydrogen-bond donors (Lipinski definition) is 0. The fraction of sp³-hybridized carbons (Fsp3) is 0.500. The fourth-order valence-electron chi connectivity index (χ4n) is 1.33. The summed E-state index contributed by atoms with van der Waals surface area (Å²) < 4.78 is 48.6. The first kappa shape index (κ1) is 16.5. The maximum atomic E-state index is 12.8. The van der Waals surface area contributed by atoms with Crippen molar-refractivity contribution in [2.45, 2.75) is 26.1 Å². The number of ether oxygens (including phenoxy) is 2. The molecule has 0 atom stereocenters. The molecule has 0 spiro atoms. The van der Waals surface area contributed by atoms with E-state index in [1.165, 1.54) is 0 Å². The lowest BCUT2D eigenvalue weighted by molar-refractivity contribution is -0.137. The Labute approximate surface area is 119 Å². The van der Waals surface area contributed by atoms with Crippen molar-refractivity contribution < 1.29 is 22.6 Å². The van der Waals surface area contributed by atoms with E-state index in [0.717, 1.165) is 0 Å². The maximum Gasteiger partial charge on any atom is 0.407 e. The molecule has 4 nitrogen and oxygen atoms in total. The molecule has 0 fully saturated rings. The number of halogens is 4. The average molecular weight is 309 g/mol. The number of nitrogens with zero attached hydrogens (tertiary/aromatic N) is 2. The second-order valence-electron chi connectivity index (χ2n) is 4.02. The molecule has 0 aliphatic heterocycles. The van der Waals surface area contributed by atoms with E-state index in [1.54, 1.807) is 0 Å². The number of aromatic nitrogens is 1. The lowest BCUT2D eigenvalue weighted by atomic mass is 10.2. The first-order chi connectivity index (χ1) is 9.25. The zero-order chi connectivity index (χ0) is 15.3. The van der Waals surface area contributed by atoms with Gasteiger partial charge in [-0.1, -0.05) is 11.6 Å². The van der Waals surface area contributed by atoms with Crippen LogP contribution in [0.3, 0.4) is 0 Å². The highest BCUT2D eigenvalue weighted by atomic mass is 35.5. The minimum Gasteiger partial charge on any atom is -0.484 e. The largest absolute Gasteiger partial charge is 0.484 e. The van der Waals surface area contributed by atoms with Crippen molar-refractivity contribution in [1.82, 2.24) is 4.98 Å². The molecule has 0 saturated carbocycles. The molecule has 0 saturated heterocycles. The van der Waals surface area contributed by atoms with E-state index in [0.29, 0.717) is 6.07 Å². The molecule has 8 heteroatoms. The van der Waals surface area contributed by atoms with Crippen LogP contribution in [0.1, 0.15) is 19.4 Å². The van der Waals surface area contributed by atoms with Gasteiger partial charge in [0, 0.05) is 0 Å². The van der Waals surface area contributed by atoms with Crippen LogP contribution in [-0.4, -0.2) is 24.3 Å². The van der Waals surface area contributed by atoms with Crippen LogP contribution in [0.25, 0.3) is 4.85 Å². The Kier molecular flexibility index (Phi) is 5.60. The van der Waals surface area contributed by atoms with E-state index in [9.17, 15) is 13.2 Å². The predicted octanol–water partition coefficient (Wildman–Crippen LogP) is 4.11. The monoisotopic (exact) mass is 308 g/mol. The van der Waals surface area contributed by atoms with Gasteiger partial charge in [0.15, 0.2) is 0 Å². The normalized spacial score (nSPS) is 11.5. The van der Waals surface area contributed by atoms with Gasteiger partial charge in [-0.2, -0.15) is 13.2 Å². The Morgan fingerprint density at radius 3 is 2.55 bits per heavy atom. The van der Waals surface area contributed by atoms with Gasteiger partial charge >= 0.3 is 6.18 Å². The third-order valence-corrected chi connectivity index (χ3v) is 2.31. The van der Waals surface area contributed by atoms with Crippen molar-refractivity contribution in [3.63, 3.8) is 0 Å². The van der Waals surface area contributed by atoms with Crippen LogP contribution in [0, 0.1) is 6.57 Å². The molecule has 0 radical (unpaired) electrons. The van der Waals surface area contributed by atoms with Crippen molar-refractivity contribution in [2.24, 2.45) is 0 Å². The summed E-state index contributed by atoms with van der Waals surface area (Å²) in [7, 11) is 0. The van der Waals surface area contributed by atoms with E-state index < -0.39 is 23.3 Å². The van der Waals surface area contributed by atoms with Gasteiger partial charge in [-0.15, -0.1) is 0 Å². The van der Waals surface area contributed by atoms with Gasteiger partial charge in [-0.3, -0.25) is 0 Å². The third kappa shape index (κ3) is 4.54. The van der Waals surface area contributed by atoms with Gasteiger partial charge in [-0.25, -0.2) is 9.83 Å². The maximum absolute atomic E-state index is 12.8.